The molecule has 0 spiro atoms. The molecular weight excluding hydrogens is 224 g/mol. The Morgan fingerprint density at radius 2 is 2.33 bits per heavy atom. The smallest absolute Gasteiger partial charge is 0.223 e. The van der Waals surface area contributed by atoms with Crippen LogP contribution in [0.15, 0.2) is 24.4 Å². The number of pyridine rings is 1. The monoisotopic (exact) mass is 246 g/mol. The molecule has 0 unspecified atom stereocenters. The number of hydrogen-bond donors (Lipinski definition) is 1. The molecule has 18 heavy (non-hydrogen) atoms. The first-order valence-electron chi connectivity index (χ1n) is 6.93. The maximum absolute atomic E-state index is 12.0. The van der Waals surface area contributed by atoms with Gasteiger partial charge in [-0.05, 0) is 30.9 Å². The van der Waals surface area contributed by atoms with Crippen LogP contribution in [0.1, 0.15) is 38.3 Å². The molecule has 1 aliphatic carbocycles. The van der Waals surface area contributed by atoms with E-state index in [0.717, 1.165) is 25.0 Å². The van der Waals surface area contributed by atoms with E-state index >= 15 is 0 Å². The highest BCUT2D eigenvalue weighted by Crippen LogP contribution is 2.28. The Morgan fingerprint density at radius 3 is 3.06 bits per heavy atom. The molecule has 0 bridgehead atoms. The van der Waals surface area contributed by atoms with E-state index in [1.807, 2.05) is 18.2 Å². The molecule has 1 aliphatic rings. The lowest BCUT2D eigenvalue weighted by Gasteiger charge is -2.25. The van der Waals surface area contributed by atoms with Gasteiger partial charge in [0.2, 0.25) is 5.91 Å². The predicted octanol–water partition coefficient (Wildman–Crippen LogP) is 2.57. The SMILES string of the molecule is C[C@@H]1CCC[C@H](C(=O)NCCc2ccccn2)C1. The van der Waals surface area contributed by atoms with Crippen molar-refractivity contribution in [2.75, 3.05) is 6.54 Å². The van der Waals surface area contributed by atoms with Gasteiger partial charge < -0.3 is 5.32 Å². The van der Waals surface area contributed by atoms with Crippen LogP contribution in [-0.2, 0) is 11.2 Å². The van der Waals surface area contributed by atoms with Crippen LogP contribution in [0.2, 0.25) is 0 Å². The molecule has 2 atom stereocenters. The maximum atomic E-state index is 12.0. The first-order chi connectivity index (χ1) is 8.75. The van der Waals surface area contributed by atoms with E-state index < -0.39 is 0 Å². The molecule has 0 radical (unpaired) electrons. The van der Waals surface area contributed by atoms with Gasteiger partial charge in [0.1, 0.15) is 0 Å². The van der Waals surface area contributed by atoms with Crippen LogP contribution in [0.25, 0.3) is 0 Å². The number of nitrogens with zero attached hydrogens (tertiary/aromatic N) is 1. The third-order valence-electron chi connectivity index (χ3n) is 3.71. The number of carbonyl (C=O) groups is 1. The molecule has 1 heterocycles. The number of aromatic nitrogens is 1. The Balaban J connectivity index is 1.71. The van der Waals surface area contributed by atoms with Gasteiger partial charge in [-0.3, -0.25) is 9.78 Å². The summed E-state index contributed by atoms with van der Waals surface area (Å²) in [5, 5.41) is 3.04. The van der Waals surface area contributed by atoms with Gasteiger partial charge in [-0.1, -0.05) is 25.8 Å². The van der Waals surface area contributed by atoms with E-state index in [1.54, 1.807) is 6.20 Å². The van der Waals surface area contributed by atoms with Crippen molar-refractivity contribution < 1.29 is 4.79 Å². The molecule has 1 saturated carbocycles. The van der Waals surface area contributed by atoms with E-state index in [-0.39, 0.29) is 11.8 Å². The van der Waals surface area contributed by atoms with Crippen LogP contribution in [0.4, 0.5) is 0 Å². The number of hydrogen-bond acceptors (Lipinski definition) is 2. The quantitative estimate of drug-likeness (QED) is 0.887. The van der Waals surface area contributed by atoms with Crippen LogP contribution in [-0.4, -0.2) is 17.4 Å². The highest BCUT2D eigenvalue weighted by Gasteiger charge is 2.24. The summed E-state index contributed by atoms with van der Waals surface area (Å²) in [6, 6.07) is 5.88. The topological polar surface area (TPSA) is 42.0 Å². The fraction of sp³-hybridized carbons (Fsp3) is 0.600. The van der Waals surface area contributed by atoms with Crippen molar-refractivity contribution in [2.24, 2.45) is 11.8 Å². The second-order valence-corrected chi connectivity index (χ2v) is 5.33. The summed E-state index contributed by atoms with van der Waals surface area (Å²) >= 11 is 0. The highest BCUT2D eigenvalue weighted by atomic mass is 16.1. The lowest BCUT2D eigenvalue weighted by atomic mass is 9.82. The van der Waals surface area contributed by atoms with Crippen LogP contribution in [0.3, 0.4) is 0 Å². The Kier molecular flexibility index (Phi) is 4.73. The van der Waals surface area contributed by atoms with Crippen molar-refractivity contribution in [3.63, 3.8) is 0 Å². The average molecular weight is 246 g/mol. The van der Waals surface area contributed by atoms with Crippen LogP contribution in [0, 0.1) is 11.8 Å². The van der Waals surface area contributed by atoms with Crippen LogP contribution >= 0.6 is 0 Å². The lowest BCUT2D eigenvalue weighted by Crippen LogP contribution is -2.34. The summed E-state index contributed by atoms with van der Waals surface area (Å²) in [6.45, 7) is 2.94. The summed E-state index contributed by atoms with van der Waals surface area (Å²) in [7, 11) is 0. The van der Waals surface area contributed by atoms with E-state index in [2.05, 4.69) is 17.2 Å². The van der Waals surface area contributed by atoms with Crippen molar-refractivity contribution in [3.05, 3.63) is 30.1 Å². The third-order valence-corrected chi connectivity index (χ3v) is 3.71. The Labute approximate surface area is 109 Å². The van der Waals surface area contributed by atoms with Gasteiger partial charge in [0, 0.05) is 30.8 Å². The average Bonchev–Trinajstić information content (AvgIpc) is 2.40. The summed E-state index contributed by atoms with van der Waals surface area (Å²) < 4.78 is 0. The van der Waals surface area contributed by atoms with Crippen LogP contribution < -0.4 is 5.32 Å². The van der Waals surface area contributed by atoms with E-state index in [0.29, 0.717) is 12.5 Å². The van der Waals surface area contributed by atoms with Gasteiger partial charge in [0.25, 0.3) is 0 Å². The van der Waals surface area contributed by atoms with Crippen LogP contribution in [0.5, 0.6) is 0 Å². The largest absolute Gasteiger partial charge is 0.355 e. The summed E-state index contributed by atoms with van der Waals surface area (Å²) in [4.78, 5) is 16.3. The van der Waals surface area contributed by atoms with Gasteiger partial charge in [0.15, 0.2) is 0 Å². The lowest BCUT2D eigenvalue weighted by molar-refractivity contribution is -0.126. The Hall–Kier alpha value is -1.38. The van der Waals surface area contributed by atoms with Gasteiger partial charge in [-0.15, -0.1) is 0 Å². The molecule has 98 valence electrons. The van der Waals surface area contributed by atoms with Gasteiger partial charge in [-0.2, -0.15) is 0 Å². The van der Waals surface area contributed by atoms with Gasteiger partial charge in [0.05, 0.1) is 0 Å². The van der Waals surface area contributed by atoms with E-state index in [4.69, 9.17) is 0 Å². The number of nitrogens with one attached hydrogen (secondary N) is 1. The molecule has 2 rings (SSSR count). The fourth-order valence-corrected chi connectivity index (χ4v) is 2.68. The van der Waals surface area contributed by atoms with Crippen molar-refractivity contribution in [1.29, 1.82) is 0 Å². The molecule has 0 saturated heterocycles. The minimum absolute atomic E-state index is 0.234. The molecule has 0 aromatic carbocycles. The van der Waals surface area contributed by atoms with Crippen molar-refractivity contribution >= 4 is 5.91 Å². The normalized spacial score (nSPS) is 23.6. The second-order valence-electron chi connectivity index (χ2n) is 5.33. The zero-order chi connectivity index (χ0) is 12.8. The van der Waals surface area contributed by atoms with E-state index in [9.17, 15) is 4.79 Å². The fourth-order valence-electron chi connectivity index (χ4n) is 2.68. The standard InChI is InChI=1S/C15H22N2O/c1-12-5-4-6-13(11-12)15(18)17-10-8-14-7-2-3-9-16-14/h2-3,7,9,12-13H,4-6,8,10-11H2,1H3,(H,17,18)/t12-,13+/m1/s1. The molecule has 1 aromatic rings. The maximum Gasteiger partial charge on any atom is 0.223 e. The molecule has 1 fully saturated rings. The third kappa shape index (κ3) is 3.83. The molecule has 0 aliphatic heterocycles. The number of carbonyl (C=O) groups excluding carboxylic acids is 1. The Bertz CT molecular complexity index is 377. The summed E-state index contributed by atoms with van der Waals surface area (Å²) in [5.74, 6) is 1.17. The van der Waals surface area contributed by atoms with Gasteiger partial charge in [-0.25, -0.2) is 0 Å². The summed E-state index contributed by atoms with van der Waals surface area (Å²) in [6.07, 6.45) is 7.18. The molecule has 1 aromatic heterocycles. The number of amides is 1. The minimum Gasteiger partial charge on any atom is -0.355 e. The first-order valence-corrected chi connectivity index (χ1v) is 6.93. The first kappa shape index (κ1) is 13.1. The van der Waals surface area contributed by atoms with Gasteiger partial charge >= 0.3 is 0 Å². The molecule has 3 nitrogen and oxygen atoms in total. The zero-order valence-corrected chi connectivity index (χ0v) is 11.1. The summed E-state index contributed by atoms with van der Waals surface area (Å²) in [5.41, 5.74) is 1.04. The van der Waals surface area contributed by atoms with Crippen molar-refractivity contribution in [1.82, 2.24) is 10.3 Å². The minimum atomic E-state index is 0.234. The highest BCUT2D eigenvalue weighted by molar-refractivity contribution is 5.78. The number of rotatable bonds is 4. The molecular formula is C15H22N2O. The predicted molar refractivity (Wildman–Crippen MR) is 72.1 cm³/mol. The molecule has 1 N–H and O–H groups in total. The second kappa shape index (κ2) is 6.53. The van der Waals surface area contributed by atoms with Crippen molar-refractivity contribution in [3.8, 4) is 0 Å². The Morgan fingerprint density at radius 1 is 1.44 bits per heavy atom. The molecule has 1 amide bonds. The van der Waals surface area contributed by atoms with E-state index in [1.165, 1.54) is 12.8 Å². The van der Waals surface area contributed by atoms with Crippen molar-refractivity contribution in [2.45, 2.75) is 39.0 Å². The molecule has 3 heteroatoms. The zero-order valence-electron chi connectivity index (χ0n) is 11.1.